The van der Waals surface area contributed by atoms with Crippen LogP contribution >= 0.6 is 0 Å². The van der Waals surface area contributed by atoms with Crippen LogP contribution in [0.15, 0.2) is 24.3 Å². The Morgan fingerprint density at radius 2 is 1.78 bits per heavy atom. The molecule has 41 heavy (non-hydrogen) atoms. The van der Waals surface area contributed by atoms with Gasteiger partial charge < -0.3 is 30.1 Å². The van der Waals surface area contributed by atoms with Crippen molar-refractivity contribution in [2.24, 2.45) is 17.8 Å². The van der Waals surface area contributed by atoms with E-state index >= 15 is 0 Å². The summed E-state index contributed by atoms with van der Waals surface area (Å²) in [6.45, 7) is 7.07. The van der Waals surface area contributed by atoms with Crippen molar-refractivity contribution in [3.05, 3.63) is 24.3 Å². The first-order valence-electron chi connectivity index (χ1n) is 15.7. The van der Waals surface area contributed by atoms with Gasteiger partial charge in [0.2, 0.25) is 17.7 Å². The molecule has 1 spiro atoms. The molecule has 3 N–H and O–H groups in total. The number of carbonyl (C=O) groups is 3. The van der Waals surface area contributed by atoms with E-state index in [9.17, 15) is 14.4 Å². The van der Waals surface area contributed by atoms with Crippen molar-refractivity contribution >= 4 is 23.4 Å². The van der Waals surface area contributed by atoms with Crippen molar-refractivity contribution < 1.29 is 29.0 Å². The zero-order chi connectivity index (χ0) is 29.2. The highest BCUT2D eigenvalue weighted by Gasteiger charge is 2.79. The molecule has 4 aliphatic rings. The molecule has 3 unspecified atom stereocenters. The van der Waals surface area contributed by atoms with E-state index < -0.39 is 29.1 Å². The number of nitrogens with zero attached hydrogens (tertiary/aromatic N) is 1. The standard InChI is InChI=1S/C32H47N3O6/c1-4-40-24-16-14-23(15-17-24)33-28(37)25-26-30(39)35(18-10-5-6-11-19-36)27(29(38)34-22-12-8-7-9-13-22)32(26)20-21(2)31(25,3)41-32/h14-17,21-22,25-27,36H,4-13,18-20H2,1-3H3,(H,33,37)(H,34,38)/t21?,25-,26-,27?,31+,32?/m0/s1. The number of carbonyl (C=O) groups excluding carboxylic acids is 3. The maximum Gasteiger partial charge on any atom is 0.246 e. The van der Waals surface area contributed by atoms with Crippen LogP contribution in [-0.4, -0.2) is 70.8 Å². The van der Waals surface area contributed by atoms with Gasteiger partial charge in [-0.1, -0.05) is 39.0 Å². The van der Waals surface area contributed by atoms with Crippen molar-refractivity contribution in [3.8, 4) is 5.75 Å². The van der Waals surface area contributed by atoms with Crippen molar-refractivity contribution in [2.75, 3.05) is 25.1 Å². The molecule has 9 heteroatoms. The molecular formula is C32H47N3O6. The molecule has 1 aromatic rings. The number of hydrogen-bond acceptors (Lipinski definition) is 6. The van der Waals surface area contributed by atoms with Crippen LogP contribution in [0.25, 0.3) is 0 Å². The van der Waals surface area contributed by atoms with Gasteiger partial charge in [-0.05, 0) is 76.1 Å². The smallest absolute Gasteiger partial charge is 0.246 e. The van der Waals surface area contributed by atoms with E-state index in [4.69, 9.17) is 14.6 Å². The molecular weight excluding hydrogens is 522 g/mol. The number of hydrogen-bond donors (Lipinski definition) is 3. The average molecular weight is 570 g/mol. The fraction of sp³-hybridized carbons (Fsp3) is 0.719. The molecule has 3 saturated heterocycles. The van der Waals surface area contributed by atoms with Crippen molar-refractivity contribution in [1.82, 2.24) is 10.2 Å². The topological polar surface area (TPSA) is 117 Å². The molecule has 6 atom stereocenters. The summed E-state index contributed by atoms with van der Waals surface area (Å²) in [4.78, 5) is 44.0. The van der Waals surface area contributed by atoms with Gasteiger partial charge in [-0.15, -0.1) is 0 Å². The molecule has 2 bridgehead atoms. The lowest BCUT2D eigenvalue weighted by molar-refractivity contribution is -0.146. The van der Waals surface area contributed by atoms with Crippen molar-refractivity contribution in [2.45, 2.75) is 108 Å². The minimum Gasteiger partial charge on any atom is -0.494 e. The van der Waals surface area contributed by atoms with Gasteiger partial charge in [0.1, 0.15) is 17.4 Å². The van der Waals surface area contributed by atoms with Crippen LogP contribution in [0.1, 0.15) is 85.0 Å². The number of fused-ring (bicyclic) bond motifs is 1. The van der Waals surface area contributed by atoms with Crippen molar-refractivity contribution in [3.63, 3.8) is 0 Å². The van der Waals surface area contributed by atoms with E-state index in [0.29, 0.717) is 25.3 Å². The minimum absolute atomic E-state index is 0.00267. The summed E-state index contributed by atoms with van der Waals surface area (Å²) in [7, 11) is 0. The lowest BCUT2D eigenvalue weighted by Crippen LogP contribution is -2.57. The second-order valence-electron chi connectivity index (χ2n) is 12.7. The lowest BCUT2D eigenvalue weighted by atomic mass is 9.62. The Hall–Kier alpha value is -2.65. The monoisotopic (exact) mass is 569 g/mol. The number of amides is 3. The van der Waals surface area contributed by atoms with E-state index in [2.05, 4.69) is 17.6 Å². The van der Waals surface area contributed by atoms with Crippen LogP contribution in [-0.2, 0) is 19.1 Å². The van der Waals surface area contributed by atoms with Crippen molar-refractivity contribution in [1.29, 1.82) is 0 Å². The third-order valence-corrected chi connectivity index (χ3v) is 10.0. The number of rotatable bonds is 12. The second-order valence-corrected chi connectivity index (χ2v) is 12.7. The Morgan fingerprint density at radius 3 is 2.46 bits per heavy atom. The summed E-state index contributed by atoms with van der Waals surface area (Å²) in [6, 6.07) is 6.58. The summed E-state index contributed by atoms with van der Waals surface area (Å²) < 4.78 is 12.4. The summed E-state index contributed by atoms with van der Waals surface area (Å²) in [5, 5.41) is 15.5. The fourth-order valence-electron chi connectivity index (χ4n) is 7.98. The first kappa shape index (κ1) is 29.8. The predicted octanol–water partition coefficient (Wildman–Crippen LogP) is 4.04. The molecule has 226 valence electrons. The van der Waals surface area contributed by atoms with Gasteiger partial charge in [-0.2, -0.15) is 0 Å². The zero-order valence-electron chi connectivity index (χ0n) is 24.8. The third kappa shape index (κ3) is 5.47. The molecule has 4 fully saturated rings. The number of likely N-dealkylation sites (tertiary alicyclic amines) is 1. The van der Waals surface area contributed by atoms with Gasteiger partial charge in [0.15, 0.2) is 0 Å². The minimum atomic E-state index is -1.03. The molecule has 1 aliphatic carbocycles. The van der Waals surface area contributed by atoms with Crippen LogP contribution in [0.2, 0.25) is 0 Å². The number of aliphatic hydroxyl groups excluding tert-OH is 1. The molecule has 3 heterocycles. The van der Waals surface area contributed by atoms with Crippen LogP contribution in [0, 0.1) is 17.8 Å². The normalized spacial score (nSPS) is 32.7. The molecule has 0 radical (unpaired) electrons. The predicted molar refractivity (Wildman–Crippen MR) is 155 cm³/mol. The van der Waals surface area contributed by atoms with Crippen LogP contribution in [0.3, 0.4) is 0 Å². The maximum absolute atomic E-state index is 14.3. The first-order chi connectivity index (χ1) is 19.7. The molecule has 0 aromatic heterocycles. The maximum atomic E-state index is 14.3. The summed E-state index contributed by atoms with van der Waals surface area (Å²) >= 11 is 0. The Kier molecular flexibility index (Phi) is 8.95. The number of aliphatic hydroxyl groups is 1. The SMILES string of the molecule is CCOc1ccc(NC(=O)[C@@H]2[C@H]3C(=O)N(CCCCCCO)C(C(=O)NC4CCCCC4)C34CC(C)[C@@]2(C)O4)cc1. The third-order valence-electron chi connectivity index (χ3n) is 10.0. The molecule has 3 aliphatic heterocycles. The summed E-state index contributed by atoms with van der Waals surface area (Å²) in [5.74, 6) is -1.26. The lowest BCUT2D eigenvalue weighted by Gasteiger charge is -2.36. The highest BCUT2D eigenvalue weighted by molar-refractivity contribution is 6.02. The highest BCUT2D eigenvalue weighted by Crippen LogP contribution is 2.65. The van der Waals surface area contributed by atoms with E-state index in [1.54, 1.807) is 17.0 Å². The van der Waals surface area contributed by atoms with E-state index in [1.165, 1.54) is 6.42 Å². The molecule has 5 rings (SSSR count). The number of nitrogens with one attached hydrogen (secondary N) is 2. The summed E-state index contributed by atoms with van der Waals surface area (Å²) in [5.41, 5.74) is -1.26. The molecule has 1 aromatic carbocycles. The van der Waals surface area contributed by atoms with E-state index in [0.717, 1.165) is 57.1 Å². The van der Waals surface area contributed by atoms with Crippen LogP contribution < -0.4 is 15.4 Å². The molecule has 3 amide bonds. The summed E-state index contributed by atoms with van der Waals surface area (Å²) in [6.07, 6.45) is 9.02. The Balaban J connectivity index is 1.42. The quantitative estimate of drug-likeness (QED) is 0.327. The van der Waals surface area contributed by atoms with Gasteiger partial charge in [0.05, 0.1) is 24.0 Å². The van der Waals surface area contributed by atoms with Gasteiger partial charge in [-0.25, -0.2) is 0 Å². The first-order valence-corrected chi connectivity index (χ1v) is 15.7. The largest absolute Gasteiger partial charge is 0.494 e. The van der Waals surface area contributed by atoms with Gasteiger partial charge >= 0.3 is 0 Å². The van der Waals surface area contributed by atoms with Crippen LogP contribution in [0.4, 0.5) is 5.69 Å². The average Bonchev–Trinajstić information content (AvgIpc) is 3.46. The highest BCUT2D eigenvalue weighted by atomic mass is 16.5. The van der Waals surface area contributed by atoms with Gasteiger partial charge in [0.25, 0.3) is 0 Å². The Morgan fingerprint density at radius 1 is 1.07 bits per heavy atom. The molecule has 9 nitrogen and oxygen atoms in total. The van der Waals surface area contributed by atoms with Crippen LogP contribution in [0.5, 0.6) is 5.75 Å². The van der Waals surface area contributed by atoms with Gasteiger partial charge in [0, 0.05) is 24.9 Å². The number of benzene rings is 1. The molecule has 1 saturated carbocycles. The van der Waals surface area contributed by atoms with E-state index in [-0.39, 0.29) is 36.3 Å². The number of unbranched alkanes of at least 4 members (excludes halogenated alkanes) is 3. The van der Waals surface area contributed by atoms with E-state index in [1.807, 2.05) is 26.0 Å². The Bertz CT molecular complexity index is 1110. The zero-order valence-corrected chi connectivity index (χ0v) is 24.8. The Labute approximate surface area is 243 Å². The fourth-order valence-corrected chi connectivity index (χ4v) is 7.98. The second kappa shape index (κ2) is 12.3. The van der Waals surface area contributed by atoms with Gasteiger partial charge in [-0.3, -0.25) is 14.4 Å². The number of anilines is 1. The number of ether oxygens (including phenoxy) is 2.